The predicted molar refractivity (Wildman–Crippen MR) is 57.2 cm³/mol. The first-order valence-corrected chi connectivity index (χ1v) is 5.39. The van der Waals surface area contributed by atoms with Gasteiger partial charge in [-0.2, -0.15) is 0 Å². The third-order valence-corrected chi connectivity index (χ3v) is 3.38. The first-order chi connectivity index (χ1) is 5.24. The van der Waals surface area contributed by atoms with Crippen LogP contribution in [0.1, 0.15) is 17.8 Å². The summed E-state index contributed by atoms with van der Waals surface area (Å²) in [6.07, 6.45) is 1.92. The van der Waals surface area contributed by atoms with Crippen LogP contribution in [0.15, 0.2) is 6.20 Å². The van der Waals surface area contributed by atoms with Gasteiger partial charge in [-0.25, -0.2) is 4.98 Å². The summed E-state index contributed by atoms with van der Waals surface area (Å²) in [5.41, 5.74) is 0. The minimum atomic E-state index is 0.536. The van der Waals surface area contributed by atoms with Gasteiger partial charge in [0.05, 0.1) is 14.1 Å². The largest absolute Gasteiger partial charge is 0.319 e. The van der Waals surface area contributed by atoms with Gasteiger partial charge in [0.1, 0.15) is 0 Å². The van der Waals surface area contributed by atoms with Crippen LogP contribution in [0.5, 0.6) is 0 Å². The molecule has 1 aromatic rings. The van der Waals surface area contributed by atoms with Crippen molar-refractivity contribution in [3.63, 3.8) is 0 Å². The SMILES string of the molecule is CNCC(C)c1ncc(I)s1. The van der Waals surface area contributed by atoms with Crippen LogP contribution in [0.3, 0.4) is 0 Å². The highest BCUT2D eigenvalue weighted by Crippen LogP contribution is 2.21. The van der Waals surface area contributed by atoms with Crippen molar-refractivity contribution in [1.82, 2.24) is 10.3 Å². The van der Waals surface area contributed by atoms with Crippen LogP contribution in [0, 0.1) is 2.88 Å². The number of halogens is 1. The molecule has 0 aliphatic rings. The van der Waals surface area contributed by atoms with E-state index in [2.05, 4.69) is 39.8 Å². The lowest BCUT2D eigenvalue weighted by Gasteiger charge is -2.05. The Morgan fingerprint density at radius 3 is 3.00 bits per heavy atom. The predicted octanol–water partition coefficient (Wildman–Crippen LogP) is 2.07. The highest BCUT2D eigenvalue weighted by molar-refractivity contribution is 14.1. The first kappa shape index (κ1) is 9.41. The van der Waals surface area contributed by atoms with E-state index >= 15 is 0 Å². The van der Waals surface area contributed by atoms with E-state index in [0.717, 1.165) is 6.54 Å². The summed E-state index contributed by atoms with van der Waals surface area (Å²) in [5.74, 6) is 0.536. The second-order valence-corrected chi connectivity index (χ2v) is 5.42. The van der Waals surface area contributed by atoms with Crippen LogP contribution in [-0.2, 0) is 0 Å². The normalized spacial score (nSPS) is 13.4. The molecule has 0 aromatic carbocycles. The number of hydrogen-bond donors (Lipinski definition) is 1. The average molecular weight is 282 g/mol. The lowest BCUT2D eigenvalue weighted by Crippen LogP contribution is -2.14. The summed E-state index contributed by atoms with van der Waals surface area (Å²) >= 11 is 4.07. The van der Waals surface area contributed by atoms with Crippen LogP contribution >= 0.6 is 33.9 Å². The Balaban J connectivity index is 2.60. The maximum Gasteiger partial charge on any atom is 0.0976 e. The monoisotopic (exact) mass is 282 g/mol. The zero-order valence-corrected chi connectivity index (χ0v) is 9.57. The van der Waals surface area contributed by atoms with Gasteiger partial charge < -0.3 is 5.32 Å². The molecule has 0 aliphatic heterocycles. The Morgan fingerprint density at radius 1 is 1.82 bits per heavy atom. The molecule has 1 aromatic heterocycles. The molecular formula is C7H11IN2S. The van der Waals surface area contributed by atoms with Gasteiger partial charge in [-0.05, 0) is 29.6 Å². The number of rotatable bonds is 3. The molecule has 0 bridgehead atoms. The van der Waals surface area contributed by atoms with E-state index in [1.165, 1.54) is 7.89 Å². The molecule has 0 radical (unpaired) electrons. The molecule has 0 fully saturated rings. The van der Waals surface area contributed by atoms with E-state index in [9.17, 15) is 0 Å². The fraction of sp³-hybridized carbons (Fsp3) is 0.571. The smallest absolute Gasteiger partial charge is 0.0976 e. The topological polar surface area (TPSA) is 24.9 Å². The molecule has 0 amide bonds. The first-order valence-electron chi connectivity index (χ1n) is 3.50. The van der Waals surface area contributed by atoms with Crippen LogP contribution in [0.4, 0.5) is 0 Å². The van der Waals surface area contributed by atoms with Crippen LogP contribution in [-0.4, -0.2) is 18.6 Å². The zero-order chi connectivity index (χ0) is 8.27. The lowest BCUT2D eigenvalue weighted by atomic mass is 10.2. The van der Waals surface area contributed by atoms with Gasteiger partial charge in [0.25, 0.3) is 0 Å². The van der Waals surface area contributed by atoms with Crippen LogP contribution < -0.4 is 5.32 Å². The summed E-state index contributed by atoms with van der Waals surface area (Å²) in [6.45, 7) is 3.19. The van der Waals surface area contributed by atoms with Crippen LogP contribution in [0.25, 0.3) is 0 Å². The standard InChI is InChI=1S/C7H11IN2S/c1-5(3-9-2)7-10-4-6(8)11-7/h4-5,9H,3H2,1-2H3. The van der Waals surface area contributed by atoms with Crippen LogP contribution in [0.2, 0.25) is 0 Å². The van der Waals surface area contributed by atoms with Crippen molar-refractivity contribution in [3.05, 3.63) is 14.1 Å². The van der Waals surface area contributed by atoms with Gasteiger partial charge in [-0.15, -0.1) is 11.3 Å². The molecule has 1 unspecified atom stereocenters. The number of nitrogens with zero attached hydrogens (tertiary/aromatic N) is 1. The molecule has 1 N–H and O–H groups in total. The van der Waals surface area contributed by atoms with E-state index in [4.69, 9.17) is 0 Å². The number of nitrogens with one attached hydrogen (secondary N) is 1. The average Bonchev–Trinajstić information content (AvgIpc) is 2.36. The van der Waals surface area contributed by atoms with Gasteiger partial charge in [0.2, 0.25) is 0 Å². The van der Waals surface area contributed by atoms with Gasteiger partial charge in [-0.3, -0.25) is 0 Å². The third-order valence-electron chi connectivity index (χ3n) is 1.43. The number of aromatic nitrogens is 1. The van der Waals surface area contributed by atoms with Crippen molar-refractivity contribution in [2.45, 2.75) is 12.8 Å². The molecule has 0 spiro atoms. The number of hydrogen-bond acceptors (Lipinski definition) is 3. The highest BCUT2D eigenvalue weighted by atomic mass is 127. The van der Waals surface area contributed by atoms with E-state index < -0.39 is 0 Å². The molecule has 1 rings (SSSR count). The molecule has 11 heavy (non-hydrogen) atoms. The fourth-order valence-electron chi connectivity index (χ4n) is 0.888. The van der Waals surface area contributed by atoms with E-state index in [1.807, 2.05) is 13.2 Å². The molecule has 1 atom stereocenters. The minimum Gasteiger partial charge on any atom is -0.319 e. The number of likely N-dealkylation sites (N-methyl/N-ethyl adjacent to an activating group) is 1. The van der Waals surface area contributed by atoms with E-state index in [0.29, 0.717) is 5.92 Å². The molecule has 2 nitrogen and oxygen atoms in total. The molecule has 62 valence electrons. The Bertz CT molecular complexity index is 224. The molecule has 0 saturated carbocycles. The summed E-state index contributed by atoms with van der Waals surface area (Å²) in [5, 5.41) is 4.37. The second kappa shape index (κ2) is 4.37. The van der Waals surface area contributed by atoms with Crippen molar-refractivity contribution >= 4 is 33.9 Å². The second-order valence-electron chi connectivity index (χ2n) is 2.46. The van der Waals surface area contributed by atoms with E-state index in [-0.39, 0.29) is 0 Å². The Labute approximate surface area is 84.6 Å². The van der Waals surface area contributed by atoms with E-state index in [1.54, 1.807) is 11.3 Å². The Morgan fingerprint density at radius 2 is 2.55 bits per heavy atom. The number of thiazole rings is 1. The molecule has 0 aliphatic carbocycles. The summed E-state index contributed by atoms with van der Waals surface area (Å²) < 4.78 is 1.26. The van der Waals surface area contributed by atoms with Gasteiger partial charge in [0.15, 0.2) is 0 Å². The summed E-state index contributed by atoms with van der Waals surface area (Å²) in [7, 11) is 1.97. The minimum absolute atomic E-state index is 0.536. The third kappa shape index (κ3) is 2.68. The lowest BCUT2D eigenvalue weighted by molar-refractivity contribution is 0.674. The van der Waals surface area contributed by atoms with Crippen molar-refractivity contribution < 1.29 is 0 Å². The molecule has 4 heteroatoms. The molecular weight excluding hydrogens is 271 g/mol. The summed E-state index contributed by atoms with van der Waals surface area (Å²) in [4.78, 5) is 4.31. The van der Waals surface area contributed by atoms with Crippen molar-refractivity contribution in [2.24, 2.45) is 0 Å². The Kier molecular flexibility index (Phi) is 3.74. The van der Waals surface area contributed by atoms with Gasteiger partial charge >= 0.3 is 0 Å². The highest BCUT2D eigenvalue weighted by Gasteiger charge is 2.07. The van der Waals surface area contributed by atoms with Gasteiger partial charge in [-0.1, -0.05) is 6.92 Å². The quantitative estimate of drug-likeness (QED) is 0.858. The summed E-state index contributed by atoms with van der Waals surface area (Å²) in [6, 6.07) is 0. The maximum absolute atomic E-state index is 4.31. The zero-order valence-electron chi connectivity index (χ0n) is 6.60. The van der Waals surface area contributed by atoms with Gasteiger partial charge in [0, 0.05) is 12.5 Å². The maximum atomic E-state index is 4.31. The molecule has 1 heterocycles. The Hall–Kier alpha value is 0.320. The van der Waals surface area contributed by atoms with Crippen molar-refractivity contribution in [2.75, 3.05) is 13.6 Å². The molecule has 0 saturated heterocycles. The fourth-order valence-corrected chi connectivity index (χ4v) is 2.40. The van der Waals surface area contributed by atoms with Crippen molar-refractivity contribution in [3.8, 4) is 0 Å². The van der Waals surface area contributed by atoms with Crippen molar-refractivity contribution in [1.29, 1.82) is 0 Å².